The van der Waals surface area contributed by atoms with E-state index in [0.717, 1.165) is 16.6 Å². The molecule has 0 bridgehead atoms. The number of amides is 1. The average molecular weight is 287 g/mol. The van der Waals surface area contributed by atoms with Crippen LogP contribution in [0, 0.1) is 0 Å². The third-order valence-corrected chi connectivity index (χ3v) is 3.37. The first-order valence-corrected chi connectivity index (χ1v) is 6.27. The number of benzene rings is 2. The van der Waals surface area contributed by atoms with Gasteiger partial charge in [-0.3, -0.25) is 4.79 Å². The Morgan fingerprint density at radius 1 is 1.20 bits per heavy atom. The summed E-state index contributed by atoms with van der Waals surface area (Å²) in [6.07, 6.45) is 1.74. The van der Waals surface area contributed by atoms with E-state index in [2.05, 4.69) is 5.10 Å². The number of carbonyl (C=O) groups is 1. The molecule has 3 rings (SSSR count). The van der Waals surface area contributed by atoms with E-state index in [1.54, 1.807) is 29.1 Å². The number of nitrogen functional groups attached to an aromatic ring is 1. The van der Waals surface area contributed by atoms with E-state index in [0.29, 0.717) is 10.7 Å². The number of carbonyl (C=O) groups excluding carboxylic acids is 1. The fourth-order valence-corrected chi connectivity index (χ4v) is 2.34. The highest BCUT2D eigenvalue weighted by Crippen LogP contribution is 2.24. The second kappa shape index (κ2) is 4.54. The molecule has 5 nitrogen and oxygen atoms in total. The molecule has 0 saturated carbocycles. The highest BCUT2D eigenvalue weighted by atomic mass is 35.5. The summed E-state index contributed by atoms with van der Waals surface area (Å²) in [4.78, 5) is 11.2. The summed E-state index contributed by atoms with van der Waals surface area (Å²) in [6, 6.07) is 10.5. The molecule has 0 fully saturated rings. The minimum absolute atomic E-state index is 0.284. The van der Waals surface area contributed by atoms with Crippen LogP contribution in [0.4, 0.5) is 5.69 Å². The number of fused-ring (bicyclic) bond motifs is 1. The Bertz CT molecular complexity index is 825. The quantitative estimate of drug-likeness (QED) is 0.709. The van der Waals surface area contributed by atoms with Gasteiger partial charge in [0.1, 0.15) is 0 Å². The molecule has 0 saturated heterocycles. The number of halogens is 1. The van der Waals surface area contributed by atoms with Crippen molar-refractivity contribution < 1.29 is 4.79 Å². The zero-order chi connectivity index (χ0) is 14.3. The summed E-state index contributed by atoms with van der Waals surface area (Å²) in [6.45, 7) is 0. The van der Waals surface area contributed by atoms with Crippen LogP contribution >= 0.6 is 11.6 Å². The van der Waals surface area contributed by atoms with Crippen LogP contribution in [0.5, 0.6) is 0 Å². The number of hydrogen-bond donors (Lipinski definition) is 2. The Kier molecular flexibility index (Phi) is 2.84. The summed E-state index contributed by atoms with van der Waals surface area (Å²) in [5.41, 5.74) is 13.6. The molecule has 4 N–H and O–H groups in total. The highest BCUT2D eigenvalue weighted by Gasteiger charge is 2.10. The molecule has 20 heavy (non-hydrogen) atoms. The molecule has 1 heterocycles. The number of hydrogen-bond acceptors (Lipinski definition) is 3. The predicted molar refractivity (Wildman–Crippen MR) is 79.0 cm³/mol. The van der Waals surface area contributed by atoms with E-state index >= 15 is 0 Å². The van der Waals surface area contributed by atoms with Crippen molar-refractivity contribution in [3.05, 3.63) is 53.2 Å². The molecule has 100 valence electrons. The molecule has 0 atom stereocenters. The third-order valence-electron chi connectivity index (χ3n) is 3.06. The Balaban J connectivity index is 2.18. The molecule has 0 unspecified atom stereocenters. The summed E-state index contributed by atoms with van der Waals surface area (Å²) >= 11 is 6.06. The molecule has 0 radical (unpaired) electrons. The summed E-state index contributed by atoms with van der Waals surface area (Å²) in [5.74, 6) is -0.559. The van der Waals surface area contributed by atoms with Crippen LogP contribution < -0.4 is 11.5 Å². The van der Waals surface area contributed by atoms with E-state index < -0.39 is 5.91 Å². The first-order valence-electron chi connectivity index (χ1n) is 5.89. The Morgan fingerprint density at radius 3 is 2.70 bits per heavy atom. The zero-order valence-electron chi connectivity index (χ0n) is 10.4. The minimum atomic E-state index is -0.559. The van der Waals surface area contributed by atoms with Gasteiger partial charge in [0.25, 0.3) is 0 Å². The standard InChI is InChI=1S/C14H11ClN4O/c15-12-6-10(3-4-11(12)14(17)20)19-13-5-9(16)2-1-8(13)7-18-19/h1-7H,16H2,(H2,17,20). The summed E-state index contributed by atoms with van der Waals surface area (Å²) in [7, 11) is 0. The van der Waals surface area contributed by atoms with E-state index in [1.165, 1.54) is 0 Å². The van der Waals surface area contributed by atoms with Gasteiger partial charge in [-0.05, 0) is 36.4 Å². The number of aromatic nitrogens is 2. The molecule has 0 aliphatic rings. The Morgan fingerprint density at radius 2 is 2.00 bits per heavy atom. The van der Waals surface area contributed by atoms with E-state index in [4.69, 9.17) is 23.1 Å². The fraction of sp³-hybridized carbons (Fsp3) is 0. The van der Waals surface area contributed by atoms with E-state index in [9.17, 15) is 4.79 Å². The van der Waals surface area contributed by atoms with Crippen molar-refractivity contribution in [1.29, 1.82) is 0 Å². The van der Waals surface area contributed by atoms with Crippen molar-refractivity contribution in [3.8, 4) is 5.69 Å². The maximum atomic E-state index is 11.2. The van der Waals surface area contributed by atoms with Crippen molar-refractivity contribution in [2.45, 2.75) is 0 Å². The lowest BCUT2D eigenvalue weighted by atomic mass is 10.2. The van der Waals surface area contributed by atoms with E-state index in [-0.39, 0.29) is 5.56 Å². The van der Waals surface area contributed by atoms with Crippen molar-refractivity contribution in [3.63, 3.8) is 0 Å². The molecule has 1 amide bonds. The van der Waals surface area contributed by atoms with Crippen LogP contribution in [-0.2, 0) is 0 Å². The van der Waals surface area contributed by atoms with Gasteiger partial charge in [-0.1, -0.05) is 11.6 Å². The predicted octanol–water partition coefficient (Wildman–Crippen LogP) is 2.36. The molecule has 6 heteroatoms. The van der Waals surface area contributed by atoms with Crippen LogP contribution in [0.25, 0.3) is 16.6 Å². The first kappa shape index (κ1) is 12.5. The SMILES string of the molecule is NC(=O)c1ccc(-n2ncc3ccc(N)cc32)cc1Cl. The lowest BCUT2D eigenvalue weighted by Crippen LogP contribution is -2.11. The normalized spacial score (nSPS) is 10.8. The zero-order valence-corrected chi connectivity index (χ0v) is 11.1. The van der Waals surface area contributed by atoms with Gasteiger partial charge in [0.2, 0.25) is 5.91 Å². The lowest BCUT2D eigenvalue weighted by Gasteiger charge is -2.06. The van der Waals surface area contributed by atoms with Gasteiger partial charge < -0.3 is 11.5 Å². The first-order chi connectivity index (χ1) is 9.56. The number of primary amides is 1. The summed E-state index contributed by atoms with van der Waals surface area (Å²) in [5, 5.41) is 5.57. The fourth-order valence-electron chi connectivity index (χ4n) is 2.08. The van der Waals surface area contributed by atoms with Crippen molar-refractivity contribution in [2.24, 2.45) is 5.73 Å². The van der Waals surface area contributed by atoms with Gasteiger partial charge in [-0.2, -0.15) is 5.10 Å². The van der Waals surface area contributed by atoms with Crippen molar-refractivity contribution in [1.82, 2.24) is 9.78 Å². The Hall–Kier alpha value is -2.53. The van der Waals surface area contributed by atoms with Gasteiger partial charge in [-0.15, -0.1) is 0 Å². The van der Waals surface area contributed by atoms with Crippen LogP contribution in [0.3, 0.4) is 0 Å². The monoisotopic (exact) mass is 286 g/mol. The van der Waals surface area contributed by atoms with Crippen LogP contribution in [0.2, 0.25) is 5.02 Å². The van der Waals surface area contributed by atoms with Gasteiger partial charge in [0.05, 0.1) is 28.0 Å². The largest absolute Gasteiger partial charge is 0.399 e. The van der Waals surface area contributed by atoms with Crippen LogP contribution in [0.1, 0.15) is 10.4 Å². The maximum Gasteiger partial charge on any atom is 0.250 e. The molecular formula is C14H11ClN4O. The molecule has 1 aromatic heterocycles. The molecule has 0 spiro atoms. The van der Waals surface area contributed by atoms with Crippen LogP contribution in [-0.4, -0.2) is 15.7 Å². The number of nitrogens with zero attached hydrogens (tertiary/aromatic N) is 2. The van der Waals surface area contributed by atoms with Crippen molar-refractivity contribution in [2.75, 3.05) is 5.73 Å². The van der Waals surface area contributed by atoms with Gasteiger partial charge in [0, 0.05) is 11.1 Å². The minimum Gasteiger partial charge on any atom is -0.399 e. The maximum absolute atomic E-state index is 11.2. The second-order valence-electron chi connectivity index (χ2n) is 4.40. The molecule has 3 aromatic rings. The Labute approximate surface area is 119 Å². The van der Waals surface area contributed by atoms with Crippen LogP contribution in [0.15, 0.2) is 42.6 Å². The average Bonchev–Trinajstić information content (AvgIpc) is 2.81. The highest BCUT2D eigenvalue weighted by molar-refractivity contribution is 6.34. The third kappa shape index (κ3) is 1.98. The van der Waals surface area contributed by atoms with Crippen molar-refractivity contribution >= 4 is 34.1 Å². The smallest absolute Gasteiger partial charge is 0.250 e. The summed E-state index contributed by atoms with van der Waals surface area (Å²) < 4.78 is 1.71. The molecular weight excluding hydrogens is 276 g/mol. The van der Waals surface area contributed by atoms with E-state index in [1.807, 2.05) is 18.2 Å². The van der Waals surface area contributed by atoms with Gasteiger partial charge in [-0.25, -0.2) is 4.68 Å². The molecule has 0 aliphatic carbocycles. The lowest BCUT2D eigenvalue weighted by molar-refractivity contribution is 0.100. The second-order valence-corrected chi connectivity index (χ2v) is 4.81. The molecule has 2 aromatic carbocycles. The topological polar surface area (TPSA) is 86.9 Å². The van der Waals surface area contributed by atoms with Gasteiger partial charge >= 0.3 is 0 Å². The van der Waals surface area contributed by atoms with Gasteiger partial charge in [0.15, 0.2) is 0 Å². The number of nitrogens with two attached hydrogens (primary N) is 2. The number of anilines is 1. The molecule has 0 aliphatic heterocycles. The number of rotatable bonds is 2.